The van der Waals surface area contributed by atoms with Crippen molar-refractivity contribution in [1.29, 1.82) is 0 Å². The zero-order chi connectivity index (χ0) is 20.4. The highest BCUT2D eigenvalue weighted by atomic mass is 32.1. The Morgan fingerprint density at radius 1 is 1.00 bits per heavy atom. The average Bonchev–Trinajstić information content (AvgIpc) is 2.67. The summed E-state index contributed by atoms with van der Waals surface area (Å²) in [6, 6.07) is 14.0. The monoisotopic (exact) mass is 399 g/mol. The summed E-state index contributed by atoms with van der Waals surface area (Å²) < 4.78 is 5.36. The Morgan fingerprint density at radius 2 is 1.68 bits per heavy atom. The number of thiocarbonyl (C=S) groups is 1. The van der Waals surface area contributed by atoms with Crippen LogP contribution in [0.5, 0.6) is 5.75 Å². The van der Waals surface area contributed by atoms with E-state index in [1.54, 1.807) is 48.5 Å². The molecule has 0 spiro atoms. The van der Waals surface area contributed by atoms with E-state index in [0.29, 0.717) is 35.7 Å². The minimum atomic E-state index is -0.315. The Labute approximate surface area is 170 Å². The molecule has 0 heterocycles. The fraction of sp³-hybridized carbons (Fsp3) is 0.286. The van der Waals surface area contributed by atoms with Crippen molar-refractivity contribution in [2.24, 2.45) is 0 Å². The number of anilines is 2. The zero-order valence-electron chi connectivity index (χ0n) is 16.1. The molecule has 0 fully saturated rings. The number of amides is 2. The lowest BCUT2D eigenvalue weighted by atomic mass is 10.2. The van der Waals surface area contributed by atoms with Gasteiger partial charge in [0, 0.05) is 23.4 Å². The van der Waals surface area contributed by atoms with Crippen molar-refractivity contribution >= 4 is 40.5 Å². The number of hydrogen-bond donors (Lipinski definition) is 3. The first-order chi connectivity index (χ1) is 13.5. The van der Waals surface area contributed by atoms with E-state index >= 15 is 0 Å². The maximum Gasteiger partial charge on any atom is 0.257 e. The van der Waals surface area contributed by atoms with E-state index in [2.05, 4.69) is 16.0 Å². The molecule has 0 aliphatic heterocycles. The first-order valence-corrected chi connectivity index (χ1v) is 9.67. The number of benzene rings is 2. The summed E-state index contributed by atoms with van der Waals surface area (Å²) in [4.78, 5) is 24.1. The molecule has 0 radical (unpaired) electrons. The van der Waals surface area contributed by atoms with E-state index in [1.165, 1.54) is 0 Å². The fourth-order valence-corrected chi connectivity index (χ4v) is 2.65. The van der Waals surface area contributed by atoms with Crippen LogP contribution in [-0.2, 0) is 4.79 Å². The molecular weight excluding hydrogens is 374 g/mol. The molecule has 3 N–H and O–H groups in total. The molecule has 0 bridgehead atoms. The van der Waals surface area contributed by atoms with Crippen LogP contribution in [0.3, 0.4) is 0 Å². The SMILES string of the molecule is CCCCC(=O)Nc1cccc(NC(=S)NC(=O)c2ccc(OCC)cc2)c1. The smallest absolute Gasteiger partial charge is 0.257 e. The largest absolute Gasteiger partial charge is 0.494 e. The molecular formula is C21H25N3O3S. The van der Waals surface area contributed by atoms with Gasteiger partial charge in [-0.15, -0.1) is 0 Å². The minimum Gasteiger partial charge on any atom is -0.494 e. The Hall–Kier alpha value is -2.93. The molecule has 2 amide bonds. The molecule has 6 nitrogen and oxygen atoms in total. The highest BCUT2D eigenvalue weighted by molar-refractivity contribution is 7.80. The van der Waals surface area contributed by atoms with Crippen LogP contribution < -0.4 is 20.7 Å². The zero-order valence-corrected chi connectivity index (χ0v) is 16.9. The quantitative estimate of drug-likeness (QED) is 0.576. The molecule has 0 unspecified atom stereocenters. The third-order valence-electron chi connectivity index (χ3n) is 3.82. The molecule has 2 aromatic carbocycles. The number of nitrogens with one attached hydrogen (secondary N) is 3. The van der Waals surface area contributed by atoms with Crippen LogP contribution in [-0.4, -0.2) is 23.5 Å². The van der Waals surface area contributed by atoms with Gasteiger partial charge in [-0.1, -0.05) is 19.4 Å². The van der Waals surface area contributed by atoms with Gasteiger partial charge in [-0.3, -0.25) is 14.9 Å². The van der Waals surface area contributed by atoms with Crippen molar-refractivity contribution in [3.05, 3.63) is 54.1 Å². The van der Waals surface area contributed by atoms with Crippen LogP contribution in [0.25, 0.3) is 0 Å². The minimum absolute atomic E-state index is 0.0228. The number of hydrogen-bond acceptors (Lipinski definition) is 4. The second-order valence-electron chi connectivity index (χ2n) is 6.10. The van der Waals surface area contributed by atoms with Gasteiger partial charge < -0.3 is 15.4 Å². The highest BCUT2D eigenvalue weighted by Gasteiger charge is 2.09. The first kappa shape index (κ1) is 21.4. The van der Waals surface area contributed by atoms with Gasteiger partial charge in [0.05, 0.1) is 6.61 Å². The molecule has 7 heteroatoms. The Balaban J connectivity index is 1.90. The van der Waals surface area contributed by atoms with E-state index in [9.17, 15) is 9.59 Å². The molecule has 0 saturated carbocycles. The topological polar surface area (TPSA) is 79.5 Å². The molecule has 28 heavy (non-hydrogen) atoms. The van der Waals surface area contributed by atoms with Gasteiger partial charge in [0.25, 0.3) is 5.91 Å². The second-order valence-corrected chi connectivity index (χ2v) is 6.51. The van der Waals surface area contributed by atoms with Gasteiger partial charge in [0.2, 0.25) is 5.91 Å². The van der Waals surface area contributed by atoms with E-state index in [-0.39, 0.29) is 16.9 Å². The predicted molar refractivity (Wildman–Crippen MR) is 116 cm³/mol. The number of unbranched alkanes of at least 4 members (excludes halogenated alkanes) is 1. The summed E-state index contributed by atoms with van der Waals surface area (Å²) in [5.74, 6) is 0.368. The molecule has 2 rings (SSSR count). The normalized spacial score (nSPS) is 10.1. The molecule has 0 atom stereocenters. The highest BCUT2D eigenvalue weighted by Crippen LogP contribution is 2.16. The standard InChI is InChI=1S/C21H25N3O3S/c1-3-5-9-19(25)22-16-7-6-8-17(14-16)23-21(28)24-20(26)15-10-12-18(13-11-15)27-4-2/h6-8,10-14H,3-5,9H2,1-2H3,(H,22,25)(H2,23,24,26,28). The van der Waals surface area contributed by atoms with Crippen molar-refractivity contribution in [1.82, 2.24) is 5.32 Å². The van der Waals surface area contributed by atoms with Gasteiger partial charge in [-0.05, 0) is 68.0 Å². The van der Waals surface area contributed by atoms with Gasteiger partial charge in [0.1, 0.15) is 5.75 Å². The maximum absolute atomic E-state index is 12.3. The summed E-state index contributed by atoms with van der Waals surface area (Å²) >= 11 is 5.21. The molecule has 0 saturated heterocycles. The van der Waals surface area contributed by atoms with E-state index in [1.807, 2.05) is 13.8 Å². The Kier molecular flexibility index (Phi) is 8.42. The van der Waals surface area contributed by atoms with Crippen molar-refractivity contribution < 1.29 is 14.3 Å². The van der Waals surface area contributed by atoms with Gasteiger partial charge >= 0.3 is 0 Å². The van der Waals surface area contributed by atoms with Crippen molar-refractivity contribution in [2.75, 3.05) is 17.2 Å². The first-order valence-electron chi connectivity index (χ1n) is 9.27. The van der Waals surface area contributed by atoms with Crippen LogP contribution in [0.1, 0.15) is 43.5 Å². The lowest BCUT2D eigenvalue weighted by molar-refractivity contribution is -0.116. The Bertz CT molecular complexity index is 822. The van der Waals surface area contributed by atoms with Crippen LogP contribution in [0.2, 0.25) is 0 Å². The van der Waals surface area contributed by atoms with Crippen molar-refractivity contribution in [3.63, 3.8) is 0 Å². The molecule has 2 aromatic rings. The van der Waals surface area contributed by atoms with E-state index < -0.39 is 0 Å². The van der Waals surface area contributed by atoms with Crippen LogP contribution in [0.15, 0.2) is 48.5 Å². The maximum atomic E-state index is 12.3. The summed E-state index contributed by atoms with van der Waals surface area (Å²) in [5, 5.41) is 8.62. The third-order valence-corrected chi connectivity index (χ3v) is 4.02. The third kappa shape index (κ3) is 7.00. The van der Waals surface area contributed by atoms with Crippen molar-refractivity contribution in [3.8, 4) is 5.75 Å². The lowest BCUT2D eigenvalue weighted by Gasteiger charge is -2.12. The summed E-state index contributed by atoms with van der Waals surface area (Å²) in [6.45, 7) is 4.51. The molecule has 148 valence electrons. The summed E-state index contributed by atoms with van der Waals surface area (Å²) in [6.07, 6.45) is 2.31. The number of carbonyl (C=O) groups is 2. The number of carbonyl (C=O) groups excluding carboxylic acids is 2. The van der Waals surface area contributed by atoms with Crippen LogP contribution in [0, 0.1) is 0 Å². The number of rotatable bonds is 8. The van der Waals surface area contributed by atoms with Gasteiger partial charge in [-0.25, -0.2) is 0 Å². The van der Waals surface area contributed by atoms with Gasteiger partial charge in [0.15, 0.2) is 5.11 Å². The molecule has 0 aliphatic rings. The van der Waals surface area contributed by atoms with Gasteiger partial charge in [-0.2, -0.15) is 0 Å². The molecule has 0 aromatic heterocycles. The molecule has 0 aliphatic carbocycles. The Morgan fingerprint density at radius 3 is 2.32 bits per heavy atom. The van der Waals surface area contributed by atoms with Crippen LogP contribution >= 0.6 is 12.2 Å². The lowest BCUT2D eigenvalue weighted by Crippen LogP contribution is -2.34. The van der Waals surface area contributed by atoms with E-state index in [0.717, 1.165) is 12.8 Å². The predicted octanol–water partition coefficient (Wildman–Crippen LogP) is 4.34. The summed E-state index contributed by atoms with van der Waals surface area (Å²) in [7, 11) is 0. The van der Waals surface area contributed by atoms with E-state index in [4.69, 9.17) is 17.0 Å². The average molecular weight is 400 g/mol. The summed E-state index contributed by atoms with van der Waals surface area (Å²) in [5.41, 5.74) is 1.82. The van der Waals surface area contributed by atoms with Crippen LogP contribution in [0.4, 0.5) is 11.4 Å². The fourth-order valence-electron chi connectivity index (χ4n) is 2.44. The van der Waals surface area contributed by atoms with Crippen molar-refractivity contribution in [2.45, 2.75) is 33.1 Å². The number of ether oxygens (including phenoxy) is 1. The second kappa shape index (κ2) is 11.0.